The summed E-state index contributed by atoms with van der Waals surface area (Å²) in [7, 11) is 0. The van der Waals surface area contributed by atoms with Crippen molar-refractivity contribution >= 4 is 44.9 Å². The summed E-state index contributed by atoms with van der Waals surface area (Å²) < 4.78 is 2.98. The molecule has 128 valence electrons. The molecule has 2 heterocycles. The SMILES string of the molecule is Clc1ccc(-c2nn(-c3ccccc3Br)c3c2CCCCN3)c(Cl)c1. The van der Waals surface area contributed by atoms with Crippen LogP contribution in [-0.2, 0) is 6.42 Å². The van der Waals surface area contributed by atoms with Crippen LogP contribution in [0.1, 0.15) is 18.4 Å². The number of benzene rings is 2. The van der Waals surface area contributed by atoms with E-state index in [4.69, 9.17) is 28.3 Å². The van der Waals surface area contributed by atoms with E-state index in [2.05, 4.69) is 27.3 Å². The van der Waals surface area contributed by atoms with Crippen molar-refractivity contribution in [1.29, 1.82) is 0 Å². The fourth-order valence-electron chi connectivity index (χ4n) is 3.20. The normalized spacial score (nSPS) is 13.9. The summed E-state index contributed by atoms with van der Waals surface area (Å²) in [6.07, 6.45) is 3.24. The molecule has 0 amide bonds. The van der Waals surface area contributed by atoms with Gasteiger partial charge in [0.15, 0.2) is 0 Å². The number of hydrogen-bond donors (Lipinski definition) is 1. The number of nitrogens with one attached hydrogen (secondary N) is 1. The van der Waals surface area contributed by atoms with Crippen LogP contribution in [0.5, 0.6) is 0 Å². The molecule has 0 spiro atoms. The van der Waals surface area contributed by atoms with Crippen LogP contribution in [0.15, 0.2) is 46.9 Å². The Kier molecular flexibility index (Phi) is 4.76. The number of halogens is 3. The van der Waals surface area contributed by atoms with E-state index >= 15 is 0 Å². The lowest BCUT2D eigenvalue weighted by molar-refractivity contribution is 0.780. The largest absolute Gasteiger partial charge is 0.370 e. The first kappa shape index (κ1) is 17.0. The second-order valence-corrected chi connectivity index (χ2v) is 7.75. The third-order valence-corrected chi connectivity index (χ3v) is 5.61. The maximum absolute atomic E-state index is 6.47. The third-order valence-electron chi connectivity index (χ3n) is 4.40. The van der Waals surface area contributed by atoms with Gasteiger partial charge in [-0.25, -0.2) is 4.68 Å². The summed E-state index contributed by atoms with van der Waals surface area (Å²) in [5.41, 5.74) is 4.04. The van der Waals surface area contributed by atoms with Crippen molar-refractivity contribution in [2.75, 3.05) is 11.9 Å². The fraction of sp³-hybridized carbons (Fsp3) is 0.211. The van der Waals surface area contributed by atoms with Gasteiger partial charge in [0, 0.05) is 27.2 Å². The number of rotatable bonds is 2. The number of anilines is 1. The molecule has 6 heteroatoms. The predicted molar refractivity (Wildman–Crippen MR) is 108 cm³/mol. The number of fused-ring (bicyclic) bond motifs is 1. The van der Waals surface area contributed by atoms with E-state index in [0.717, 1.165) is 53.0 Å². The average Bonchev–Trinajstić information content (AvgIpc) is 2.78. The maximum Gasteiger partial charge on any atom is 0.133 e. The molecule has 0 unspecified atom stereocenters. The van der Waals surface area contributed by atoms with E-state index in [9.17, 15) is 0 Å². The standard InChI is InChI=1S/C19H16BrCl2N3/c20-15-6-1-2-7-17(15)25-19-14(5-3-4-10-23-19)18(24-25)13-9-8-12(21)11-16(13)22/h1-2,6-9,11,23H,3-5,10H2. The van der Waals surface area contributed by atoms with Gasteiger partial charge in [0.1, 0.15) is 5.82 Å². The lowest BCUT2D eigenvalue weighted by Gasteiger charge is -2.10. The molecule has 3 nitrogen and oxygen atoms in total. The molecular weight excluding hydrogens is 421 g/mol. The molecule has 1 aliphatic heterocycles. The zero-order chi connectivity index (χ0) is 17.4. The molecular formula is C19H16BrCl2N3. The van der Waals surface area contributed by atoms with Crippen LogP contribution in [0.4, 0.5) is 5.82 Å². The highest BCUT2D eigenvalue weighted by molar-refractivity contribution is 9.10. The van der Waals surface area contributed by atoms with Crippen molar-refractivity contribution < 1.29 is 0 Å². The Balaban J connectivity index is 1.95. The number of aromatic nitrogens is 2. The first-order chi connectivity index (χ1) is 12.1. The summed E-state index contributed by atoms with van der Waals surface area (Å²) in [5.74, 6) is 1.05. The molecule has 2 aromatic carbocycles. The van der Waals surface area contributed by atoms with Crippen LogP contribution in [-0.4, -0.2) is 16.3 Å². The Bertz CT molecular complexity index is 936. The number of hydrogen-bond acceptors (Lipinski definition) is 2. The second kappa shape index (κ2) is 7.02. The van der Waals surface area contributed by atoms with Crippen molar-refractivity contribution in [3.8, 4) is 16.9 Å². The van der Waals surface area contributed by atoms with Gasteiger partial charge in [-0.15, -0.1) is 0 Å². The van der Waals surface area contributed by atoms with Gasteiger partial charge in [-0.2, -0.15) is 5.10 Å². The fourth-order valence-corrected chi connectivity index (χ4v) is 4.15. The summed E-state index contributed by atoms with van der Waals surface area (Å²) in [4.78, 5) is 0. The van der Waals surface area contributed by atoms with E-state index in [0.29, 0.717) is 10.0 Å². The van der Waals surface area contributed by atoms with Crippen LogP contribution in [0, 0.1) is 0 Å². The van der Waals surface area contributed by atoms with Gasteiger partial charge in [-0.05, 0) is 65.5 Å². The van der Waals surface area contributed by atoms with Crippen molar-refractivity contribution in [3.63, 3.8) is 0 Å². The Morgan fingerprint density at radius 1 is 1.08 bits per heavy atom. The monoisotopic (exact) mass is 435 g/mol. The lowest BCUT2D eigenvalue weighted by atomic mass is 10.0. The zero-order valence-corrected chi connectivity index (χ0v) is 16.5. The van der Waals surface area contributed by atoms with Crippen molar-refractivity contribution in [2.24, 2.45) is 0 Å². The minimum absolute atomic E-state index is 0.622. The first-order valence-electron chi connectivity index (χ1n) is 8.21. The summed E-state index contributed by atoms with van der Waals surface area (Å²) in [5, 5.41) is 9.72. The molecule has 0 saturated heterocycles. The highest BCUT2D eigenvalue weighted by Crippen LogP contribution is 2.38. The van der Waals surface area contributed by atoms with Gasteiger partial charge in [0.25, 0.3) is 0 Å². The van der Waals surface area contributed by atoms with E-state index in [-0.39, 0.29) is 0 Å². The second-order valence-electron chi connectivity index (χ2n) is 6.05. The van der Waals surface area contributed by atoms with E-state index in [1.165, 1.54) is 5.56 Å². The molecule has 4 rings (SSSR count). The van der Waals surface area contributed by atoms with Crippen LogP contribution < -0.4 is 5.32 Å². The molecule has 0 saturated carbocycles. The summed E-state index contributed by atoms with van der Waals surface area (Å²) in [6.45, 7) is 0.941. The van der Waals surface area contributed by atoms with Gasteiger partial charge >= 0.3 is 0 Å². The Hall–Kier alpha value is -1.49. The average molecular weight is 437 g/mol. The Morgan fingerprint density at radius 2 is 1.92 bits per heavy atom. The molecule has 25 heavy (non-hydrogen) atoms. The molecule has 0 radical (unpaired) electrons. The van der Waals surface area contributed by atoms with Crippen LogP contribution in [0.2, 0.25) is 10.0 Å². The molecule has 3 aromatic rings. The molecule has 1 aromatic heterocycles. The minimum Gasteiger partial charge on any atom is -0.370 e. The topological polar surface area (TPSA) is 29.9 Å². The number of nitrogens with zero attached hydrogens (tertiary/aromatic N) is 2. The zero-order valence-electron chi connectivity index (χ0n) is 13.4. The van der Waals surface area contributed by atoms with Gasteiger partial charge in [0.05, 0.1) is 16.4 Å². The molecule has 1 aliphatic rings. The van der Waals surface area contributed by atoms with Gasteiger partial charge in [-0.3, -0.25) is 0 Å². The molecule has 1 N–H and O–H groups in total. The van der Waals surface area contributed by atoms with Gasteiger partial charge in [0.2, 0.25) is 0 Å². The quantitative estimate of drug-likeness (QED) is 0.506. The van der Waals surface area contributed by atoms with E-state index in [1.54, 1.807) is 6.07 Å². The summed E-state index contributed by atoms with van der Waals surface area (Å²) >= 11 is 16.2. The van der Waals surface area contributed by atoms with Crippen molar-refractivity contribution in [2.45, 2.75) is 19.3 Å². The Labute approximate surface area is 165 Å². The molecule has 0 aliphatic carbocycles. The summed E-state index contributed by atoms with van der Waals surface area (Å²) in [6, 6.07) is 13.7. The third kappa shape index (κ3) is 3.19. The Morgan fingerprint density at radius 3 is 2.72 bits per heavy atom. The van der Waals surface area contributed by atoms with Gasteiger partial charge in [-0.1, -0.05) is 35.3 Å². The van der Waals surface area contributed by atoms with Crippen molar-refractivity contribution in [3.05, 3.63) is 62.5 Å². The first-order valence-corrected chi connectivity index (χ1v) is 9.76. The van der Waals surface area contributed by atoms with Gasteiger partial charge < -0.3 is 5.32 Å². The lowest BCUT2D eigenvalue weighted by Crippen LogP contribution is -2.07. The number of para-hydroxylation sites is 1. The highest BCUT2D eigenvalue weighted by Gasteiger charge is 2.23. The predicted octanol–water partition coefficient (Wildman–Crippen LogP) is 6.36. The molecule has 0 fully saturated rings. The molecule has 0 bridgehead atoms. The van der Waals surface area contributed by atoms with E-state index < -0.39 is 0 Å². The van der Waals surface area contributed by atoms with Crippen LogP contribution in [0.3, 0.4) is 0 Å². The van der Waals surface area contributed by atoms with Crippen LogP contribution >= 0.6 is 39.1 Å². The minimum atomic E-state index is 0.622. The van der Waals surface area contributed by atoms with Crippen molar-refractivity contribution in [1.82, 2.24) is 9.78 Å². The molecule has 0 atom stereocenters. The maximum atomic E-state index is 6.47. The van der Waals surface area contributed by atoms with Crippen LogP contribution in [0.25, 0.3) is 16.9 Å². The highest BCUT2D eigenvalue weighted by atomic mass is 79.9. The smallest absolute Gasteiger partial charge is 0.133 e. The van der Waals surface area contributed by atoms with E-state index in [1.807, 2.05) is 35.0 Å².